The van der Waals surface area contributed by atoms with Crippen LogP contribution in [0.25, 0.3) is 11.0 Å². The quantitative estimate of drug-likeness (QED) is 0.727. The second-order valence-corrected chi connectivity index (χ2v) is 9.15. The zero-order valence-electron chi connectivity index (χ0n) is 18.0. The predicted molar refractivity (Wildman–Crippen MR) is 118 cm³/mol. The van der Waals surface area contributed by atoms with Gasteiger partial charge in [-0.05, 0) is 57.1 Å². The lowest BCUT2D eigenvalue weighted by molar-refractivity contribution is -0.137. The van der Waals surface area contributed by atoms with Crippen molar-refractivity contribution in [2.75, 3.05) is 19.6 Å². The predicted octanol–water partition coefficient (Wildman–Crippen LogP) is 3.02. The van der Waals surface area contributed by atoms with Crippen molar-refractivity contribution in [3.8, 4) is 0 Å². The number of pyridine rings is 1. The molecule has 7 heteroatoms. The van der Waals surface area contributed by atoms with E-state index in [1.165, 1.54) is 0 Å². The number of nitrogens with zero attached hydrogens (tertiary/aromatic N) is 4. The molecule has 1 saturated carbocycles. The lowest BCUT2D eigenvalue weighted by Gasteiger charge is -2.35. The van der Waals surface area contributed by atoms with Crippen molar-refractivity contribution in [2.24, 2.45) is 11.8 Å². The Morgan fingerprint density at radius 1 is 1.13 bits per heavy atom. The summed E-state index contributed by atoms with van der Waals surface area (Å²) >= 11 is 0. The monoisotopic (exact) mass is 421 g/mol. The molecule has 2 amide bonds. The van der Waals surface area contributed by atoms with Crippen molar-refractivity contribution < 1.29 is 9.59 Å². The van der Waals surface area contributed by atoms with E-state index in [-0.39, 0.29) is 23.7 Å². The smallest absolute Gasteiger partial charge is 0.226 e. The van der Waals surface area contributed by atoms with Gasteiger partial charge in [-0.3, -0.25) is 9.59 Å². The molecule has 2 aromatic heterocycles. The lowest BCUT2D eigenvalue weighted by Crippen LogP contribution is -2.42. The number of carbonyl (C=O) groups excluding carboxylic acids is 2. The van der Waals surface area contributed by atoms with E-state index in [9.17, 15) is 9.59 Å². The molecule has 3 heterocycles. The van der Waals surface area contributed by atoms with Gasteiger partial charge in [-0.25, -0.2) is 9.67 Å². The Morgan fingerprint density at radius 3 is 2.84 bits per heavy atom. The van der Waals surface area contributed by atoms with E-state index in [1.807, 2.05) is 10.7 Å². The number of allylic oxidation sites excluding steroid dienone is 2. The second-order valence-electron chi connectivity index (χ2n) is 9.15. The van der Waals surface area contributed by atoms with Gasteiger partial charge in [0.25, 0.3) is 0 Å². The van der Waals surface area contributed by atoms with Gasteiger partial charge in [0.2, 0.25) is 11.8 Å². The molecule has 164 valence electrons. The molecule has 31 heavy (non-hydrogen) atoms. The normalized spacial score (nSPS) is 23.8. The van der Waals surface area contributed by atoms with E-state index < -0.39 is 0 Å². The summed E-state index contributed by atoms with van der Waals surface area (Å²) in [5.74, 6) is 1.04. The zero-order chi connectivity index (χ0) is 21.2. The molecule has 7 nitrogen and oxygen atoms in total. The van der Waals surface area contributed by atoms with Crippen molar-refractivity contribution >= 4 is 22.8 Å². The van der Waals surface area contributed by atoms with Crippen LogP contribution in [0.3, 0.4) is 0 Å². The summed E-state index contributed by atoms with van der Waals surface area (Å²) in [5.41, 5.74) is 1.90. The number of piperidine rings is 1. The lowest BCUT2D eigenvalue weighted by atomic mass is 9.89. The summed E-state index contributed by atoms with van der Waals surface area (Å²) in [7, 11) is 0. The fourth-order valence-electron chi connectivity index (χ4n) is 4.94. The third kappa shape index (κ3) is 4.36. The number of aromatic nitrogens is 3. The van der Waals surface area contributed by atoms with Crippen LogP contribution in [0, 0.1) is 11.8 Å². The van der Waals surface area contributed by atoms with Gasteiger partial charge in [0, 0.05) is 49.0 Å². The number of amides is 2. The fraction of sp³-hybridized carbons (Fsp3) is 0.583. The van der Waals surface area contributed by atoms with Gasteiger partial charge in [0.05, 0.1) is 12.2 Å². The van der Waals surface area contributed by atoms with E-state index in [4.69, 9.17) is 5.10 Å². The molecule has 0 aromatic carbocycles. The van der Waals surface area contributed by atoms with Gasteiger partial charge in [-0.15, -0.1) is 0 Å². The van der Waals surface area contributed by atoms with Gasteiger partial charge in [-0.1, -0.05) is 12.2 Å². The highest BCUT2D eigenvalue weighted by molar-refractivity contribution is 5.81. The van der Waals surface area contributed by atoms with Crippen molar-refractivity contribution in [3.05, 3.63) is 36.2 Å². The molecule has 0 radical (unpaired) electrons. The maximum Gasteiger partial charge on any atom is 0.226 e. The number of rotatable bonds is 6. The second kappa shape index (κ2) is 8.81. The number of nitrogens with one attached hydrogen (secondary N) is 1. The molecule has 1 N–H and O–H groups in total. The van der Waals surface area contributed by atoms with Crippen molar-refractivity contribution in [1.29, 1.82) is 0 Å². The SMILES string of the molecule is O=C(NCCn1nc(C2CCCN(C(=O)C3CC=CCC3)C2)c2cccnc21)C1CC1. The maximum absolute atomic E-state index is 13.1. The van der Waals surface area contributed by atoms with Crippen molar-refractivity contribution in [2.45, 2.75) is 57.4 Å². The molecule has 1 aliphatic heterocycles. The minimum Gasteiger partial charge on any atom is -0.354 e. The third-order valence-electron chi connectivity index (χ3n) is 6.84. The van der Waals surface area contributed by atoms with Crippen molar-refractivity contribution in [3.63, 3.8) is 0 Å². The summed E-state index contributed by atoms with van der Waals surface area (Å²) < 4.78 is 1.92. The molecule has 2 unspecified atom stereocenters. The first-order valence-corrected chi connectivity index (χ1v) is 11.7. The van der Waals surface area contributed by atoms with Gasteiger partial charge < -0.3 is 10.2 Å². The molecule has 0 bridgehead atoms. The summed E-state index contributed by atoms with van der Waals surface area (Å²) in [6, 6.07) is 4.03. The number of hydrogen-bond acceptors (Lipinski definition) is 4. The van der Waals surface area contributed by atoms with E-state index in [0.29, 0.717) is 19.0 Å². The summed E-state index contributed by atoms with van der Waals surface area (Å²) in [4.78, 5) is 31.7. The Kier molecular flexibility index (Phi) is 5.74. The first-order chi connectivity index (χ1) is 15.2. The minimum absolute atomic E-state index is 0.134. The van der Waals surface area contributed by atoms with Crippen LogP contribution >= 0.6 is 0 Å². The molecule has 2 aromatic rings. The third-order valence-corrected chi connectivity index (χ3v) is 6.84. The zero-order valence-corrected chi connectivity index (χ0v) is 18.0. The van der Waals surface area contributed by atoms with Crippen LogP contribution in [0.2, 0.25) is 0 Å². The van der Waals surface area contributed by atoms with E-state index >= 15 is 0 Å². The van der Waals surface area contributed by atoms with Crippen LogP contribution < -0.4 is 5.32 Å². The molecule has 0 spiro atoms. The molecular weight excluding hydrogens is 390 g/mol. The van der Waals surface area contributed by atoms with E-state index in [1.54, 1.807) is 6.20 Å². The Morgan fingerprint density at radius 2 is 2.03 bits per heavy atom. The molecule has 2 fully saturated rings. The highest BCUT2D eigenvalue weighted by Gasteiger charge is 2.32. The summed E-state index contributed by atoms with van der Waals surface area (Å²) in [5, 5.41) is 9.01. The average Bonchev–Trinajstić information content (AvgIpc) is 3.61. The highest BCUT2D eigenvalue weighted by atomic mass is 16.2. The van der Waals surface area contributed by atoms with Gasteiger partial charge in [0.1, 0.15) is 0 Å². The van der Waals surface area contributed by atoms with Crippen LogP contribution in [0.15, 0.2) is 30.5 Å². The standard InChI is InChI=1S/C24H31N5O2/c30-23(17-10-11-17)26-13-15-29-22-20(9-4-12-25-22)21(27-29)19-8-5-14-28(16-19)24(31)18-6-2-1-3-7-18/h1-2,4,9,12,17-19H,3,5-8,10-11,13-16H2,(H,26,30). The Hall–Kier alpha value is -2.70. The number of fused-ring (bicyclic) bond motifs is 1. The highest BCUT2D eigenvalue weighted by Crippen LogP contribution is 2.33. The first-order valence-electron chi connectivity index (χ1n) is 11.7. The first kappa shape index (κ1) is 20.2. The molecular formula is C24H31N5O2. The Bertz CT molecular complexity index is 993. The largest absolute Gasteiger partial charge is 0.354 e. The van der Waals surface area contributed by atoms with Gasteiger partial charge >= 0.3 is 0 Å². The Labute approximate surface area is 182 Å². The minimum atomic E-state index is 0.134. The molecule has 5 rings (SSSR count). The van der Waals surface area contributed by atoms with Gasteiger partial charge in [-0.2, -0.15) is 5.10 Å². The van der Waals surface area contributed by atoms with Crippen LogP contribution in [0.4, 0.5) is 0 Å². The van der Waals surface area contributed by atoms with E-state index in [0.717, 1.165) is 74.8 Å². The van der Waals surface area contributed by atoms with E-state index in [2.05, 4.69) is 33.4 Å². The number of carbonyl (C=O) groups is 2. The topological polar surface area (TPSA) is 80.1 Å². The molecule has 3 aliphatic rings. The van der Waals surface area contributed by atoms with Crippen LogP contribution in [-0.4, -0.2) is 51.1 Å². The fourth-order valence-corrected chi connectivity index (χ4v) is 4.94. The number of hydrogen-bond donors (Lipinski definition) is 1. The van der Waals surface area contributed by atoms with Gasteiger partial charge in [0.15, 0.2) is 5.65 Å². The summed E-state index contributed by atoms with van der Waals surface area (Å²) in [6.07, 6.45) is 13.0. The average molecular weight is 422 g/mol. The maximum atomic E-state index is 13.1. The van der Waals surface area contributed by atoms with Crippen LogP contribution in [-0.2, 0) is 16.1 Å². The van der Waals surface area contributed by atoms with Crippen LogP contribution in [0.1, 0.15) is 56.6 Å². The number of likely N-dealkylation sites (tertiary alicyclic amines) is 1. The Balaban J connectivity index is 1.31. The van der Waals surface area contributed by atoms with Crippen LogP contribution in [0.5, 0.6) is 0 Å². The summed E-state index contributed by atoms with van der Waals surface area (Å²) in [6.45, 7) is 2.75. The molecule has 2 aliphatic carbocycles. The van der Waals surface area contributed by atoms with Crippen molar-refractivity contribution in [1.82, 2.24) is 25.0 Å². The molecule has 2 atom stereocenters. The molecule has 1 saturated heterocycles.